The van der Waals surface area contributed by atoms with Crippen molar-refractivity contribution in [2.45, 2.75) is 18.9 Å². The van der Waals surface area contributed by atoms with Crippen LogP contribution in [0, 0.1) is 5.92 Å². The second-order valence-corrected chi connectivity index (χ2v) is 5.57. The zero-order valence-electron chi connectivity index (χ0n) is 12.4. The van der Waals surface area contributed by atoms with Gasteiger partial charge in [-0.15, -0.1) is 0 Å². The van der Waals surface area contributed by atoms with E-state index in [2.05, 4.69) is 16.7 Å². The Bertz CT molecular complexity index is 593. The van der Waals surface area contributed by atoms with Gasteiger partial charge in [0.2, 0.25) is 0 Å². The minimum absolute atomic E-state index is 0.156. The van der Waals surface area contributed by atoms with Crippen LogP contribution in [0.1, 0.15) is 30.0 Å². The predicted molar refractivity (Wildman–Crippen MR) is 88.3 cm³/mol. The standard InChI is InChI=1S/C19H20N2O/c22-19(20-14-13-15-11-12-15)21-18(16-7-3-1-4-8-16)17-9-5-2-6-10-17/h1-10,13-15,18H,11-12H2,(H2,20,21,22)/b14-13+. The van der Waals surface area contributed by atoms with Crippen LogP contribution >= 0.6 is 0 Å². The average Bonchev–Trinajstić information content (AvgIpc) is 3.39. The number of hydrogen-bond donors (Lipinski definition) is 2. The van der Waals surface area contributed by atoms with Crippen molar-refractivity contribution in [3.05, 3.63) is 84.1 Å². The molecule has 2 aromatic rings. The van der Waals surface area contributed by atoms with E-state index in [4.69, 9.17) is 0 Å². The van der Waals surface area contributed by atoms with Gasteiger partial charge in [-0.2, -0.15) is 0 Å². The molecule has 112 valence electrons. The lowest BCUT2D eigenvalue weighted by molar-refractivity contribution is 0.242. The van der Waals surface area contributed by atoms with Crippen molar-refractivity contribution < 1.29 is 4.79 Å². The summed E-state index contributed by atoms with van der Waals surface area (Å²) in [5.74, 6) is 0.652. The van der Waals surface area contributed by atoms with Gasteiger partial charge in [0.05, 0.1) is 6.04 Å². The van der Waals surface area contributed by atoms with Crippen molar-refractivity contribution in [2.75, 3.05) is 0 Å². The number of rotatable bonds is 5. The number of urea groups is 1. The Hall–Kier alpha value is -2.55. The fourth-order valence-corrected chi connectivity index (χ4v) is 2.37. The summed E-state index contributed by atoms with van der Waals surface area (Å²) in [7, 11) is 0. The molecule has 2 aromatic carbocycles. The number of carbonyl (C=O) groups excluding carboxylic acids is 1. The first-order chi connectivity index (χ1) is 10.8. The molecule has 0 saturated heterocycles. The third kappa shape index (κ3) is 3.98. The van der Waals surface area contributed by atoms with Crippen LogP contribution in [0.5, 0.6) is 0 Å². The van der Waals surface area contributed by atoms with Gasteiger partial charge >= 0.3 is 6.03 Å². The summed E-state index contributed by atoms with van der Waals surface area (Å²) in [5.41, 5.74) is 2.13. The summed E-state index contributed by atoms with van der Waals surface area (Å²) < 4.78 is 0. The Balaban J connectivity index is 1.72. The lowest BCUT2D eigenvalue weighted by Gasteiger charge is -2.19. The smallest absolute Gasteiger partial charge is 0.319 e. The molecule has 1 saturated carbocycles. The van der Waals surface area contributed by atoms with Crippen LogP contribution in [0.25, 0.3) is 0 Å². The van der Waals surface area contributed by atoms with Crippen molar-refractivity contribution in [3.63, 3.8) is 0 Å². The van der Waals surface area contributed by atoms with E-state index >= 15 is 0 Å². The van der Waals surface area contributed by atoms with Gasteiger partial charge in [0, 0.05) is 6.20 Å². The van der Waals surface area contributed by atoms with Crippen molar-refractivity contribution in [1.82, 2.24) is 10.6 Å². The first kappa shape index (κ1) is 14.4. The lowest BCUT2D eigenvalue weighted by Crippen LogP contribution is -2.35. The van der Waals surface area contributed by atoms with Crippen LogP contribution in [0.2, 0.25) is 0 Å². The lowest BCUT2D eigenvalue weighted by atomic mass is 9.99. The highest BCUT2D eigenvalue weighted by molar-refractivity contribution is 5.76. The summed E-state index contributed by atoms with van der Waals surface area (Å²) in [6, 6.07) is 19.7. The second kappa shape index (κ2) is 6.94. The van der Waals surface area contributed by atoms with E-state index in [0.717, 1.165) is 11.1 Å². The Labute approximate surface area is 131 Å². The first-order valence-corrected chi connectivity index (χ1v) is 7.66. The molecule has 0 aliphatic heterocycles. The van der Waals surface area contributed by atoms with Gasteiger partial charge in [0.15, 0.2) is 0 Å². The molecule has 2 amide bonds. The highest BCUT2D eigenvalue weighted by Gasteiger charge is 2.18. The van der Waals surface area contributed by atoms with Crippen LogP contribution in [-0.2, 0) is 0 Å². The molecule has 1 fully saturated rings. The van der Waals surface area contributed by atoms with Crippen molar-refractivity contribution in [2.24, 2.45) is 5.92 Å². The van der Waals surface area contributed by atoms with Crippen molar-refractivity contribution in [1.29, 1.82) is 0 Å². The molecular formula is C19H20N2O. The average molecular weight is 292 g/mol. The van der Waals surface area contributed by atoms with E-state index in [1.807, 2.05) is 60.7 Å². The molecule has 1 aliphatic rings. The quantitative estimate of drug-likeness (QED) is 0.859. The maximum absolute atomic E-state index is 12.1. The molecule has 0 radical (unpaired) electrons. The molecule has 0 spiro atoms. The van der Waals surface area contributed by atoms with Gasteiger partial charge in [-0.3, -0.25) is 0 Å². The second-order valence-electron chi connectivity index (χ2n) is 5.57. The Morgan fingerprint density at radius 2 is 1.50 bits per heavy atom. The number of hydrogen-bond acceptors (Lipinski definition) is 1. The fourth-order valence-electron chi connectivity index (χ4n) is 2.37. The van der Waals surface area contributed by atoms with Gasteiger partial charge in [-0.05, 0) is 29.9 Å². The van der Waals surface area contributed by atoms with E-state index in [-0.39, 0.29) is 12.1 Å². The fraction of sp³-hybridized carbons (Fsp3) is 0.211. The van der Waals surface area contributed by atoms with Gasteiger partial charge in [0.25, 0.3) is 0 Å². The molecule has 22 heavy (non-hydrogen) atoms. The summed E-state index contributed by atoms with van der Waals surface area (Å²) in [4.78, 5) is 12.1. The van der Waals surface area contributed by atoms with Crippen molar-refractivity contribution in [3.8, 4) is 0 Å². The topological polar surface area (TPSA) is 41.1 Å². The van der Waals surface area contributed by atoms with Crippen LogP contribution < -0.4 is 10.6 Å². The molecule has 3 heteroatoms. The SMILES string of the molecule is O=C(N/C=C/C1CC1)NC(c1ccccc1)c1ccccc1. The Morgan fingerprint density at radius 3 is 2.00 bits per heavy atom. The highest BCUT2D eigenvalue weighted by Crippen LogP contribution is 2.29. The number of allylic oxidation sites excluding steroid dienone is 1. The van der Waals surface area contributed by atoms with E-state index in [1.165, 1.54) is 12.8 Å². The van der Waals surface area contributed by atoms with Gasteiger partial charge in [-0.25, -0.2) is 4.79 Å². The summed E-state index contributed by atoms with van der Waals surface area (Å²) in [6.07, 6.45) is 6.27. The Kier molecular flexibility index (Phi) is 4.54. The molecule has 3 rings (SSSR count). The van der Waals surface area contributed by atoms with Crippen molar-refractivity contribution >= 4 is 6.03 Å². The molecule has 0 bridgehead atoms. The van der Waals surface area contributed by atoms with Crippen LogP contribution in [-0.4, -0.2) is 6.03 Å². The third-order valence-electron chi connectivity index (χ3n) is 3.75. The maximum atomic E-state index is 12.1. The number of benzene rings is 2. The Morgan fingerprint density at radius 1 is 0.955 bits per heavy atom. The maximum Gasteiger partial charge on any atom is 0.319 e. The third-order valence-corrected chi connectivity index (χ3v) is 3.75. The number of carbonyl (C=O) groups is 1. The number of nitrogens with one attached hydrogen (secondary N) is 2. The molecular weight excluding hydrogens is 272 g/mol. The summed E-state index contributed by atoms with van der Waals surface area (Å²) in [5, 5.41) is 5.84. The number of amides is 2. The minimum Gasteiger partial charge on any atom is -0.327 e. The predicted octanol–water partition coefficient (Wildman–Crippen LogP) is 4.00. The van der Waals surface area contributed by atoms with Crippen LogP contribution in [0.3, 0.4) is 0 Å². The van der Waals surface area contributed by atoms with E-state index < -0.39 is 0 Å². The monoisotopic (exact) mass is 292 g/mol. The summed E-state index contributed by atoms with van der Waals surface area (Å²) >= 11 is 0. The molecule has 1 aliphatic carbocycles. The molecule has 0 unspecified atom stereocenters. The van der Waals surface area contributed by atoms with Crippen LogP contribution in [0.4, 0.5) is 4.79 Å². The van der Waals surface area contributed by atoms with Crippen LogP contribution in [0.15, 0.2) is 72.9 Å². The zero-order chi connectivity index (χ0) is 15.2. The van der Waals surface area contributed by atoms with Gasteiger partial charge in [-0.1, -0.05) is 66.7 Å². The summed E-state index contributed by atoms with van der Waals surface area (Å²) in [6.45, 7) is 0. The minimum atomic E-state index is -0.186. The molecule has 0 aromatic heterocycles. The largest absolute Gasteiger partial charge is 0.327 e. The molecule has 3 nitrogen and oxygen atoms in total. The van der Waals surface area contributed by atoms with E-state index in [1.54, 1.807) is 6.20 Å². The van der Waals surface area contributed by atoms with E-state index in [0.29, 0.717) is 5.92 Å². The van der Waals surface area contributed by atoms with Gasteiger partial charge < -0.3 is 10.6 Å². The molecule has 0 atom stereocenters. The van der Waals surface area contributed by atoms with Gasteiger partial charge in [0.1, 0.15) is 0 Å². The highest BCUT2D eigenvalue weighted by atomic mass is 16.2. The molecule has 0 heterocycles. The zero-order valence-corrected chi connectivity index (χ0v) is 12.4. The normalized spacial score (nSPS) is 14.2. The molecule has 2 N–H and O–H groups in total. The van der Waals surface area contributed by atoms with E-state index in [9.17, 15) is 4.79 Å². The first-order valence-electron chi connectivity index (χ1n) is 7.66.